The van der Waals surface area contributed by atoms with Crippen LogP contribution < -0.4 is 0 Å². The zero-order valence-corrected chi connectivity index (χ0v) is 15.6. The molecule has 0 aromatic carbocycles. The van der Waals surface area contributed by atoms with Crippen molar-refractivity contribution in [2.75, 3.05) is 26.4 Å². The first kappa shape index (κ1) is 22.8. The van der Waals surface area contributed by atoms with E-state index < -0.39 is 16.5 Å². The molecule has 0 unspecified atom stereocenters. The first-order chi connectivity index (χ1) is 7.62. The second-order valence-corrected chi connectivity index (χ2v) is 4.05. The van der Waals surface area contributed by atoms with Crippen LogP contribution in [0.3, 0.4) is 0 Å². The molecule has 0 aliphatic heterocycles. The van der Waals surface area contributed by atoms with Gasteiger partial charge in [-0.05, 0) is 27.7 Å². The summed E-state index contributed by atoms with van der Waals surface area (Å²) in [4.78, 5) is 0. The molecule has 0 bridgehead atoms. The summed E-state index contributed by atoms with van der Waals surface area (Å²) in [6, 6.07) is 0. The van der Waals surface area contributed by atoms with Crippen LogP contribution >= 0.6 is 16.5 Å². The molecule has 9 heteroatoms. The second kappa shape index (κ2) is 19.0. The average molecular weight is 340 g/mol. The normalized spacial score (nSPS) is 8.71. The zero-order chi connectivity index (χ0) is 12.8. The molecule has 0 rings (SSSR count). The van der Waals surface area contributed by atoms with Crippen molar-refractivity contribution in [3.8, 4) is 0 Å². The van der Waals surface area contributed by atoms with Crippen molar-refractivity contribution >= 4 is 16.5 Å². The van der Waals surface area contributed by atoms with Gasteiger partial charge in [-0.2, -0.15) is 0 Å². The molecule has 0 saturated heterocycles. The van der Waals surface area contributed by atoms with E-state index in [2.05, 4.69) is 18.1 Å². The molecular weight excluding hydrogens is 319 g/mol. The summed E-state index contributed by atoms with van der Waals surface area (Å²) < 4.78 is 39.0. The third-order valence-electron chi connectivity index (χ3n) is 0.938. The third kappa shape index (κ3) is 22.3. The zero-order valence-electron chi connectivity index (χ0n) is 10.9. The molecule has 0 fully saturated rings. The topological polar surface area (TPSA) is 71.1 Å². The van der Waals surface area contributed by atoms with Gasteiger partial charge in [-0.1, -0.05) is 0 Å². The molecule has 0 aromatic rings. The Bertz CT molecular complexity index is 157. The van der Waals surface area contributed by atoms with Gasteiger partial charge in [0.05, 0.1) is 0 Å². The summed E-state index contributed by atoms with van der Waals surface area (Å²) in [5.74, 6) is 0. The van der Waals surface area contributed by atoms with E-state index in [1.807, 2.05) is 0 Å². The predicted octanol–water partition coefficient (Wildman–Crippen LogP) is 3.43. The van der Waals surface area contributed by atoms with E-state index in [4.69, 9.17) is 0 Å². The van der Waals surface area contributed by atoms with Gasteiger partial charge in [-0.15, -0.1) is 18.1 Å². The minimum atomic E-state index is -1.83. The Balaban J connectivity index is -0.000000218. The number of rotatable bonds is 8. The quantitative estimate of drug-likeness (QED) is 0.498. The van der Waals surface area contributed by atoms with Crippen LogP contribution in [0.25, 0.3) is 0 Å². The van der Waals surface area contributed by atoms with E-state index in [9.17, 15) is 9.13 Å². The Labute approximate surface area is 117 Å². The Hall–Kier alpha value is 0.663. The maximum Gasteiger partial charge on any atom is 0.697 e. The van der Waals surface area contributed by atoms with Gasteiger partial charge < -0.3 is 0 Å². The fraction of sp³-hybridized carbons (Fsp3) is 1.00. The van der Waals surface area contributed by atoms with Gasteiger partial charge in [0.15, 0.2) is 0 Å². The second-order valence-electron chi connectivity index (χ2n) is 2.12. The third-order valence-corrected chi connectivity index (χ3v) is 2.81. The van der Waals surface area contributed by atoms with Crippen molar-refractivity contribution in [3.63, 3.8) is 0 Å². The molecule has 0 radical (unpaired) electrons. The van der Waals surface area contributed by atoms with Crippen LogP contribution in [0.15, 0.2) is 0 Å². The minimum Gasteiger partial charge on any atom is -0.119 e. The molecule has 0 atom stereocenters. The van der Waals surface area contributed by atoms with Crippen molar-refractivity contribution in [3.05, 3.63) is 0 Å². The smallest absolute Gasteiger partial charge is 0.119 e. The van der Waals surface area contributed by atoms with Gasteiger partial charge in [0.25, 0.3) is 0 Å². The molecule has 0 N–H and O–H groups in total. The average Bonchev–Trinajstić information content (AvgIpc) is 2.20. The summed E-state index contributed by atoms with van der Waals surface area (Å²) in [6.07, 6.45) is 0. The van der Waals surface area contributed by atoms with Gasteiger partial charge in [-0.3, -0.25) is 0 Å². The van der Waals surface area contributed by atoms with Gasteiger partial charge in [0.2, 0.25) is 0 Å². The molecule has 0 aliphatic carbocycles. The van der Waals surface area contributed by atoms with Crippen LogP contribution in [-0.2, 0) is 46.7 Å². The van der Waals surface area contributed by atoms with Crippen LogP contribution in [0.2, 0.25) is 0 Å². The van der Waals surface area contributed by atoms with Crippen molar-refractivity contribution in [1.82, 2.24) is 0 Å². The van der Waals surface area contributed by atoms with Crippen molar-refractivity contribution in [2.24, 2.45) is 0 Å². The Morgan fingerprint density at radius 2 is 0.824 bits per heavy atom. The van der Waals surface area contributed by atoms with E-state index in [-0.39, 0.29) is 19.5 Å². The predicted molar refractivity (Wildman–Crippen MR) is 61.7 cm³/mol. The van der Waals surface area contributed by atoms with Crippen LogP contribution in [0.5, 0.6) is 0 Å². The Kier molecular flexibility index (Phi) is 25.5. The van der Waals surface area contributed by atoms with Crippen LogP contribution in [0.1, 0.15) is 27.7 Å². The molecule has 0 spiro atoms. The van der Waals surface area contributed by atoms with Gasteiger partial charge >= 0.3 is 16.5 Å². The molecule has 0 amide bonds. The van der Waals surface area contributed by atoms with E-state index in [0.717, 1.165) is 0 Å². The van der Waals surface area contributed by atoms with E-state index in [0.29, 0.717) is 26.4 Å². The molecule has 0 aromatic heterocycles. The van der Waals surface area contributed by atoms with Crippen LogP contribution in [-0.4, -0.2) is 26.4 Å². The van der Waals surface area contributed by atoms with Crippen molar-refractivity contribution in [1.29, 1.82) is 0 Å². The minimum absolute atomic E-state index is 0. The first-order valence-corrected chi connectivity index (χ1v) is 7.27. The van der Waals surface area contributed by atoms with Crippen molar-refractivity contribution < 1.29 is 46.7 Å². The molecular formula is C8H20O6P2Zn+2. The molecule has 0 saturated carbocycles. The van der Waals surface area contributed by atoms with Crippen molar-refractivity contribution in [2.45, 2.75) is 27.7 Å². The Morgan fingerprint density at radius 3 is 0.941 bits per heavy atom. The number of hydrogen-bond acceptors (Lipinski definition) is 6. The summed E-state index contributed by atoms with van der Waals surface area (Å²) in [5, 5.41) is 0. The molecule has 0 aliphatic rings. The fourth-order valence-electron chi connectivity index (χ4n) is 0.496. The van der Waals surface area contributed by atoms with E-state index >= 15 is 0 Å². The molecule has 6 nitrogen and oxygen atoms in total. The van der Waals surface area contributed by atoms with Gasteiger partial charge in [0.1, 0.15) is 26.4 Å². The van der Waals surface area contributed by atoms with Crippen LogP contribution in [0, 0.1) is 0 Å². The van der Waals surface area contributed by atoms with Gasteiger partial charge in [0, 0.05) is 28.6 Å². The molecule has 17 heavy (non-hydrogen) atoms. The molecule has 0 heterocycles. The van der Waals surface area contributed by atoms with Gasteiger partial charge in [-0.25, -0.2) is 0 Å². The molecule has 98 valence electrons. The maximum absolute atomic E-state index is 10.3. The number of hydrogen-bond donors (Lipinski definition) is 0. The summed E-state index contributed by atoms with van der Waals surface area (Å²) in [7, 11) is -3.66. The summed E-state index contributed by atoms with van der Waals surface area (Å²) in [5.41, 5.74) is 0. The van der Waals surface area contributed by atoms with E-state index in [1.54, 1.807) is 27.7 Å². The van der Waals surface area contributed by atoms with Crippen LogP contribution in [0.4, 0.5) is 0 Å². The standard InChI is InChI=1S/2C4H10O3P.Zn/c2*1-3-6-8(5)7-4-2;/h2*3-4H2,1-2H3;/q2*+1;. The SMILES string of the molecule is CCO[P+](=O)OCC.CCO[P+](=O)OCC.[Zn]. The summed E-state index contributed by atoms with van der Waals surface area (Å²) >= 11 is 0. The largest absolute Gasteiger partial charge is 0.697 e. The maximum atomic E-state index is 10.3. The monoisotopic (exact) mass is 338 g/mol. The van der Waals surface area contributed by atoms with E-state index in [1.165, 1.54) is 0 Å². The first-order valence-electron chi connectivity index (χ1n) is 5.08. The Morgan fingerprint density at radius 1 is 0.647 bits per heavy atom. The summed E-state index contributed by atoms with van der Waals surface area (Å²) in [6.45, 7) is 8.84. The fourth-order valence-corrected chi connectivity index (χ4v) is 1.49.